The normalized spacial score (nSPS) is 17.2. The molecule has 1 aliphatic carbocycles. The summed E-state index contributed by atoms with van der Waals surface area (Å²) in [6, 6.07) is 14.5. The zero-order valence-electron chi connectivity index (χ0n) is 14.4. The molecule has 1 aromatic carbocycles. The van der Waals surface area contributed by atoms with Crippen molar-refractivity contribution in [2.45, 2.75) is 25.3 Å². The Morgan fingerprint density at radius 3 is 2.60 bits per heavy atom. The van der Waals surface area contributed by atoms with E-state index >= 15 is 0 Å². The first-order chi connectivity index (χ1) is 12.1. The molecule has 2 aliphatic rings. The minimum Gasteiger partial charge on any atom is -0.331 e. The fraction of sp³-hybridized carbons (Fsp3) is 0.238. The number of amides is 1. The Kier molecular flexibility index (Phi) is 2.79. The highest BCUT2D eigenvalue weighted by Crippen LogP contribution is 2.54. The second kappa shape index (κ2) is 4.82. The van der Waals surface area contributed by atoms with Gasteiger partial charge in [-0.1, -0.05) is 18.2 Å². The van der Waals surface area contributed by atoms with E-state index in [0.29, 0.717) is 0 Å². The standard InChI is InChI=1S/C21H19N3O/c1-14-5-6-16(13-22-14)15-7-8-17-19(12-15)24-11-3-4-18(24)20(25)23(2)21(17)9-10-21/h3-8,11-13H,9-10H2,1-2H3. The second-order valence-corrected chi connectivity index (χ2v) is 7.08. The molecule has 0 atom stereocenters. The molecule has 1 saturated carbocycles. The maximum Gasteiger partial charge on any atom is 0.271 e. The van der Waals surface area contributed by atoms with E-state index in [2.05, 4.69) is 29.2 Å². The molecular weight excluding hydrogens is 310 g/mol. The molecule has 1 aliphatic heterocycles. The zero-order valence-corrected chi connectivity index (χ0v) is 14.4. The van der Waals surface area contributed by atoms with Crippen LogP contribution in [0, 0.1) is 6.92 Å². The SMILES string of the molecule is Cc1ccc(-c2ccc3c(c2)-n2cccc2C(=O)N(C)C32CC2)cn1. The fourth-order valence-electron chi connectivity index (χ4n) is 3.98. The van der Waals surface area contributed by atoms with Crippen LogP contribution in [0.1, 0.15) is 34.6 Å². The third kappa shape index (κ3) is 1.94. The van der Waals surface area contributed by atoms with E-state index in [1.54, 1.807) is 0 Å². The van der Waals surface area contributed by atoms with Crippen LogP contribution in [0.3, 0.4) is 0 Å². The Bertz CT molecular complexity index is 996. The van der Waals surface area contributed by atoms with Crippen molar-refractivity contribution in [1.82, 2.24) is 14.5 Å². The van der Waals surface area contributed by atoms with E-state index < -0.39 is 0 Å². The highest BCUT2D eigenvalue weighted by molar-refractivity contribution is 5.95. The number of benzene rings is 1. The van der Waals surface area contributed by atoms with Gasteiger partial charge in [-0.05, 0) is 49.6 Å². The predicted molar refractivity (Wildman–Crippen MR) is 96.7 cm³/mol. The van der Waals surface area contributed by atoms with Crippen LogP contribution in [0.5, 0.6) is 0 Å². The third-order valence-electron chi connectivity index (χ3n) is 5.64. The maximum absolute atomic E-state index is 12.9. The number of fused-ring (bicyclic) bond motifs is 4. The molecule has 0 saturated heterocycles. The van der Waals surface area contributed by atoms with Crippen LogP contribution < -0.4 is 0 Å². The summed E-state index contributed by atoms with van der Waals surface area (Å²) in [7, 11) is 1.93. The van der Waals surface area contributed by atoms with Crippen molar-refractivity contribution in [3.63, 3.8) is 0 Å². The number of hydrogen-bond acceptors (Lipinski definition) is 2. The van der Waals surface area contributed by atoms with Gasteiger partial charge in [0.25, 0.3) is 5.91 Å². The molecule has 1 fully saturated rings. The largest absolute Gasteiger partial charge is 0.331 e. The Morgan fingerprint density at radius 2 is 1.88 bits per heavy atom. The van der Waals surface area contributed by atoms with Gasteiger partial charge in [0.15, 0.2) is 0 Å². The van der Waals surface area contributed by atoms with Crippen molar-refractivity contribution in [2.75, 3.05) is 7.05 Å². The van der Waals surface area contributed by atoms with E-state index in [9.17, 15) is 4.79 Å². The van der Waals surface area contributed by atoms with E-state index in [4.69, 9.17) is 0 Å². The Morgan fingerprint density at radius 1 is 1.08 bits per heavy atom. The fourth-order valence-corrected chi connectivity index (χ4v) is 3.98. The van der Waals surface area contributed by atoms with Crippen molar-refractivity contribution in [2.24, 2.45) is 0 Å². The molecule has 25 heavy (non-hydrogen) atoms. The average Bonchev–Trinajstić information content (AvgIpc) is 3.30. The number of carbonyl (C=O) groups is 1. The van der Waals surface area contributed by atoms with Gasteiger partial charge in [-0.15, -0.1) is 0 Å². The molecular formula is C21H19N3O. The second-order valence-electron chi connectivity index (χ2n) is 7.08. The molecule has 2 aromatic heterocycles. The number of pyridine rings is 1. The van der Waals surface area contributed by atoms with Gasteiger partial charge in [-0.3, -0.25) is 9.78 Å². The quantitative estimate of drug-likeness (QED) is 0.678. The van der Waals surface area contributed by atoms with Gasteiger partial charge in [0, 0.05) is 36.3 Å². The lowest BCUT2D eigenvalue weighted by atomic mass is 9.97. The summed E-state index contributed by atoms with van der Waals surface area (Å²) in [6.45, 7) is 1.99. The number of aromatic nitrogens is 2. The molecule has 3 heterocycles. The number of aryl methyl sites for hydroxylation is 1. The van der Waals surface area contributed by atoms with Crippen molar-refractivity contribution in [3.05, 3.63) is 71.8 Å². The van der Waals surface area contributed by atoms with Crippen LogP contribution in [0.4, 0.5) is 0 Å². The molecule has 4 heteroatoms. The highest BCUT2D eigenvalue weighted by atomic mass is 16.2. The third-order valence-corrected chi connectivity index (χ3v) is 5.64. The van der Waals surface area contributed by atoms with Gasteiger partial charge in [-0.25, -0.2) is 0 Å². The van der Waals surface area contributed by atoms with Gasteiger partial charge >= 0.3 is 0 Å². The van der Waals surface area contributed by atoms with E-state index in [-0.39, 0.29) is 11.4 Å². The molecule has 0 radical (unpaired) electrons. The van der Waals surface area contributed by atoms with Gasteiger partial charge in [0.2, 0.25) is 0 Å². The summed E-state index contributed by atoms with van der Waals surface area (Å²) >= 11 is 0. The smallest absolute Gasteiger partial charge is 0.271 e. The van der Waals surface area contributed by atoms with Crippen LogP contribution in [-0.4, -0.2) is 27.4 Å². The van der Waals surface area contributed by atoms with Crippen LogP contribution >= 0.6 is 0 Å². The van der Waals surface area contributed by atoms with Gasteiger partial charge < -0.3 is 9.47 Å². The van der Waals surface area contributed by atoms with Crippen molar-refractivity contribution >= 4 is 5.91 Å². The lowest BCUT2D eigenvalue weighted by molar-refractivity contribution is 0.0705. The predicted octanol–water partition coefficient (Wildman–Crippen LogP) is 3.92. The number of hydrogen-bond donors (Lipinski definition) is 0. The van der Waals surface area contributed by atoms with Crippen LogP contribution in [0.15, 0.2) is 54.9 Å². The van der Waals surface area contributed by atoms with Crippen LogP contribution in [0.25, 0.3) is 16.8 Å². The molecule has 1 amide bonds. The molecule has 0 N–H and O–H groups in total. The van der Waals surface area contributed by atoms with Crippen molar-refractivity contribution in [1.29, 1.82) is 0 Å². The lowest BCUT2D eigenvalue weighted by Crippen LogP contribution is -2.36. The minimum absolute atomic E-state index is 0.0947. The Hall–Kier alpha value is -2.88. The van der Waals surface area contributed by atoms with Gasteiger partial charge in [0.05, 0.1) is 11.2 Å². The first-order valence-electron chi connectivity index (χ1n) is 8.64. The summed E-state index contributed by atoms with van der Waals surface area (Å²) in [6.07, 6.45) is 5.95. The van der Waals surface area contributed by atoms with Crippen LogP contribution in [-0.2, 0) is 5.54 Å². The van der Waals surface area contributed by atoms with Gasteiger partial charge in [0.1, 0.15) is 5.69 Å². The van der Waals surface area contributed by atoms with E-state index in [1.165, 1.54) is 5.56 Å². The molecule has 124 valence electrons. The molecule has 5 rings (SSSR count). The van der Waals surface area contributed by atoms with E-state index in [1.807, 2.05) is 54.0 Å². The molecule has 4 nitrogen and oxygen atoms in total. The Labute approximate surface area is 146 Å². The summed E-state index contributed by atoms with van der Waals surface area (Å²) in [5.41, 5.74) is 6.15. The molecule has 3 aromatic rings. The topological polar surface area (TPSA) is 38.1 Å². The molecule has 0 bridgehead atoms. The first-order valence-corrected chi connectivity index (χ1v) is 8.64. The number of rotatable bonds is 1. The Balaban J connectivity index is 1.75. The van der Waals surface area contributed by atoms with Crippen LogP contribution in [0.2, 0.25) is 0 Å². The number of carbonyl (C=O) groups excluding carboxylic acids is 1. The zero-order chi connectivity index (χ0) is 17.2. The maximum atomic E-state index is 12.9. The summed E-state index contributed by atoms with van der Waals surface area (Å²) in [5.74, 6) is 0.0947. The average molecular weight is 329 g/mol. The lowest BCUT2D eigenvalue weighted by Gasteiger charge is -2.27. The molecule has 1 spiro atoms. The highest BCUT2D eigenvalue weighted by Gasteiger charge is 2.53. The first kappa shape index (κ1) is 14.5. The summed E-state index contributed by atoms with van der Waals surface area (Å²) in [5, 5.41) is 0. The monoisotopic (exact) mass is 329 g/mol. The summed E-state index contributed by atoms with van der Waals surface area (Å²) in [4.78, 5) is 19.3. The molecule has 0 unspecified atom stereocenters. The van der Waals surface area contributed by atoms with Crippen molar-refractivity contribution in [3.8, 4) is 16.8 Å². The number of nitrogens with zero attached hydrogens (tertiary/aromatic N) is 3. The van der Waals surface area contributed by atoms with Gasteiger partial charge in [-0.2, -0.15) is 0 Å². The van der Waals surface area contributed by atoms with E-state index in [0.717, 1.165) is 41.0 Å². The summed E-state index contributed by atoms with van der Waals surface area (Å²) < 4.78 is 2.03. The minimum atomic E-state index is -0.143. The van der Waals surface area contributed by atoms with Crippen molar-refractivity contribution < 1.29 is 4.79 Å².